The standard InChI is InChI=1S/C11H23N3O4S.ClH/c1-3-18-6-7-19(16,17)13-9-11(15)14(2)10-4-5-12-8-10;/h10,12-13H,3-9H2,1-2H3;1H. The van der Waals surface area contributed by atoms with Crippen molar-refractivity contribution in [2.75, 3.05) is 45.6 Å². The van der Waals surface area contributed by atoms with E-state index in [4.69, 9.17) is 4.74 Å². The Labute approximate surface area is 126 Å². The van der Waals surface area contributed by atoms with Crippen molar-refractivity contribution in [3.05, 3.63) is 0 Å². The van der Waals surface area contributed by atoms with Crippen LogP contribution in [0.25, 0.3) is 0 Å². The minimum atomic E-state index is -3.44. The van der Waals surface area contributed by atoms with Gasteiger partial charge in [-0.3, -0.25) is 4.79 Å². The van der Waals surface area contributed by atoms with Gasteiger partial charge in [0.15, 0.2) is 0 Å². The predicted octanol–water partition coefficient (Wildman–Crippen LogP) is -0.816. The average Bonchev–Trinajstić information content (AvgIpc) is 2.89. The summed E-state index contributed by atoms with van der Waals surface area (Å²) in [7, 11) is -1.74. The van der Waals surface area contributed by atoms with Crippen LogP contribution < -0.4 is 10.0 Å². The number of carbonyl (C=O) groups excluding carboxylic acids is 1. The quantitative estimate of drug-likeness (QED) is 0.568. The van der Waals surface area contributed by atoms with E-state index in [9.17, 15) is 13.2 Å². The van der Waals surface area contributed by atoms with Crippen molar-refractivity contribution in [1.82, 2.24) is 14.9 Å². The van der Waals surface area contributed by atoms with Gasteiger partial charge in [0.2, 0.25) is 15.9 Å². The SMILES string of the molecule is CCOCCS(=O)(=O)NCC(=O)N(C)C1CCNC1.Cl. The number of nitrogens with one attached hydrogen (secondary N) is 2. The van der Waals surface area contributed by atoms with Crippen LogP contribution in [-0.2, 0) is 19.6 Å². The number of amides is 1. The molecule has 7 nitrogen and oxygen atoms in total. The highest BCUT2D eigenvalue weighted by Crippen LogP contribution is 2.05. The van der Waals surface area contributed by atoms with Gasteiger partial charge in [-0.2, -0.15) is 0 Å². The van der Waals surface area contributed by atoms with E-state index in [1.165, 1.54) is 0 Å². The number of likely N-dealkylation sites (N-methyl/N-ethyl adjacent to an activating group) is 1. The molecule has 1 aliphatic rings. The average molecular weight is 330 g/mol. The molecule has 9 heteroatoms. The summed E-state index contributed by atoms with van der Waals surface area (Å²) >= 11 is 0. The van der Waals surface area contributed by atoms with E-state index >= 15 is 0 Å². The minimum Gasteiger partial charge on any atom is -0.381 e. The zero-order valence-corrected chi connectivity index (χ0v) is 13.6. The van der Waals surface area contributed by atoms with Gasteiger partial charge in [0.05, 0.1) is 18.9 Å². The number of hydrogen-bond acceptors (Lipinski definition) is 5. The predicted molar refractivity (Wildman–Crippen MR) is 79.6 cm³/mol. The number of carbonyl (C=O) groups is 1. The summed E-state index contributed by atoms with van der Waals surface area (Å²) in [4.78, 5) is 13.4. The lowest BCUT2D eigenvalue weighted by Gasteiger charge is -2.23. The molecule has 0 bridgehead atoms. The van der Waals surface area contributed by atoms with Gasteiger partial charge in [-0.15, -0.1) is 12.4 Å². The van der Waals surface area contributed by atoms with E-state index in [0.29, 0.717) is 6.61 Å². The molecule has 0 aromatic carbocycles. The highest BCUT2D eigenvalue weighted by atomic mass is 35.5. The molecule has 2 N–H and O–H groups in total. The molecule has 1 unspecified atom stereocenters. The second-order valence-electron chi connectivity index (χ2n) is 4.49. The summed E-state index contributed by atoms with van der Waals surface area (Å²) in [6, 6.07) is 0.153. The van der Waals surface area contributed by atoms with Crippen LogP contribution in [-0.4, -0.2) is 70.9 Å². The van der Waals surface area contributed by atoms with Crippen molar-refractivity contribution in [2.24, 2.45) is 0 Å². The van der Waals surface area contributed by atoms with Gasteiger partial charge < -0.3 is 15.0 Å². The Hall–Kier alpha value is -0.410. The van der Waals surface area contributed by atoms with Gasteiger partial charge in [0, 0.05) is 26.2 Å². The molecule has 1 fully saturated rings. The minimum absolute atomic E-state index is 0. The van der Waals surface area contributed by atoms with Gasteiger partial charge in [0.25, 0.3) is 0 Å². The van der Waals surface area contributed by atoms with E-state index in [0.717, 1.165) is 19.5 Å². The number of halogens is 1. The van der Waals surface area contributed by atoms with Crippen LogP contribution in [0.4, 0.5) is 0 Å². The first-order chi connectivity index (χ1) is 8.96. The smallest absolute Gasteiger partial charge is 0.237 e. The van der Waals surface area contributed by atoms with Crippen molar-refractivity contribution in [1.29, 1.82) is 0 Å². The van der Waals surface area contributed by atoms with Crippen LogP contribution in [0.5, 0.6) is 0 Å². The van der Waals surface area contributed by atoms with Crippen molar-refractivity contribution in [2.45, 2.75) is 19.4 Å². The zero-order valence-electron chi connectivity index (χ0n) is 11.9. The van der Waals surface area contributed by atoms with Gasteiger partial charge in [0.1, 0.15) is 0 Å². The molecule has 1 saturated heterocycles. The van der Waals surface area contributed by atoms with E-state index in [-0.39, 0.29) is 43.3 Å². The number of ether oxygens (including phenoxy) is 1. The van der Waals surface area contributed by atoms with Crippen LogP contribution in [0.3, 0.4) is 0 Å². The molecular formula is C11H24ClN3O4S. The van der Waals surface area contributed by atoms with Crippen molar-refractivity contribution in [3.63, 3.8) is 0 Å². The first-order valence-corrected chi connectivity index (χ1v) is 8.13. The Morgan fingerprint density at radius 2 is 2.20 bits per heavy atom. The summed E-state index contributed by atoms with van der Waals surface area (Å²) in [5.41, 5.74) is 0. The molecule has 1 aliphatic heterocycles. The maximum atomic E-state index is 11.8. The van der Waals surface area contributed by atoms with E-state index in [1.54, 1.807) is 18.9 Å². The van der Waals surface area contributed by atoms with E-state index in [1.807, 2.05) is 0 Å². The largest absolute Gasteiger partial charge is 0.381 e. The first-order valence-electron chi connectivity index (χ1n) is 6.47. The Balaban J connectivity index is 0.00000361. The molecule has 0 spiro atoms. The summed E-state index contributed by atoms with van der Waals surface area (Å²) in [6.45, 7) is 3.88. The lowest BCUT2D eigenvalue weighted by atomic mass is 10.2. The van der Waals surface area contributed by atoms with E-state index in [2.05, 4.69) is 10.0 Å². The molecule has 20 heavy (non-hydrogen) atoms. The van der Waals surface area contributed by atoms with Gasteiger partial charge >= 0.3 is 0 Å². The van der Waals surface area contributed by atoms with Crippen LogP contribution in [0.15, 0.2) is 0 Å². The monoisotopic (exact) mass is 329 g/mol. The number of sulfonamides is 1. The van der Waals surface area contributed by atoms with Crippen LogP contribution >= 0.6 is 12.4 Å². The summed E-state index contributed by atoms with van der Waals surface area (Å²) in [5, 5.41) is 3.17. The Morgan fingerprint density at radius 1 is 1.50 bits per heavy atom. The summed E-state index contributed by atoms with van der Waals surface area (Å²) in [6.07, 6.45) is 0.902. The van der Waals surface area contributed by atoms with Crippen molar-refractivity contribution < 1.29 is 17.9 Å². The Morgan fingerprint density at radius 3 is 2.75 bits per heavy atom. The second-order valence-corrected chi connectivity index (χ2v) is 6.41. The molecule has 1 heterocycles. The van der Waals surface area contributed by atoms with Crippen LogP contribution in [0, 0.1) is 0 Å². The third kappa shape index (κ3) is 6.85. The summed E-state index contributed by atoms with van der Waals surface area (Å²) in [5.74, 6) is -0.336. The van der Waals surface area contributed by atoms with Crippen LogP contribution in [0.1, 0.15) is 13.3 Å². The molecule has 0 aromatic heterocycles. The molecule has 1 atom stereocenters. The third-order valence-electron chi connectivity index (χ3n) is 3.12. The molecule has 1 rings (SSSR count). The Bertz CT molecular complexity index is 385. The van der Waals surface area contributed by atoms with Crippen molar-refractivity contribution >= 4 is 28.3 Å². The molecule has 0 aliphatic carbocycles. The molecule has 0 radical (unpaired) electrons. The topological polar surface area (TPSA) is 87.7 Å². The lowest BCUT2D eigenvalue weighted by molar-refractivity contribution is -0.130. The fraction of sp³-hybridized carbons (Fsp3) is 0.909. The fourth-order valence-corrected chi connectivity index (χ4v) is 2.68. The molecule has 0 aromatic rings. The highest BCUT2D eigenvalue weighted by molar-refractivity contribution is 7.89. The van der Waals surface area contributed by atoms with Crippen LogP contribution in [0.2, 0.25) is 0 Å². The number of nitrogens with zero attached hydrogens (tertiary/aromatic N) is 1. The molecule has 0 saturated carbocycles. The van der Waals surface area contributed by atoms with Gasteiger partial charge in [-0.05, 0) is 19.9 Å². The summed E-state index contributed by atoms with van der Waals surface area (Å²) < 4.78 is 30.4. The second kappa shape index (κ2) is 9.51. The third-order valence-corrected chi connectivity index (χ3v) is 4.41. The maximum absolute atomic E-state index is 11.8. The Kier molecular flexibility index (Phi) is 9.32. The van der Waals surface area contributed by atoms with Gasteiger partial charge in [-0.25, -0.2) is 13.1 Å². The first kappa shape index (κ1) is 19.6. The van der Waals surface area contributed by atoms with Gasteiger partial charge in [-0.1, -0.05) is 0 Å². The molecule has 1 amide bonds. The highest BCUT2D eigenvalue weighted by Gasteiger charge is 2.23. The molecular weight excluding hydrogens is 306 g/mol. The maximum Gasteiger partial charge on any atom is 0.237 e. The number of hydrogen-bond donors (Lipinski definition) is 2. The van der Waals surface area contributed by atoms with E-state index < -0.39 is 10.0 Å². The zero-order chi connectivity index (χ0) is 14.3. The normalized spacial score (nSPS) is 18.6. The number of rotatable bonds is 8. The lowest BCUT2D eigenvalue weighted by Crippen LogP contribution is -2.44. The van der Waals surface area contributed by atoms with Crippen molar-refractivity contribution in [3.8, 4) is 0 Å². The fourth-order valence-electron chi connectivity index (χ4n) is 1.86. The molecule has 120 valence electrons.